The summed E-state index contributed by atoms with van der Waals surface area (Å²) in [6.45, 7) is 4.53. The van der Waals surface area contributed by atoms with Crippen LogP contribution >= 0.6 is 15.9 Å². The molecule has 1 amide bonds. The van der Waals surface area contributed by atoms with Gasteiger partial charge in [0.1, 0.15) is 0 Å². The fourth-order valence-electron chi connectivity index (χ4n) is 1.12. The summed E-state index contributed by atoms with van der Waals surface area (Å²) in [7, 11) is 0. The van der Waals surface area contributed by atoms with E-state index in [2.05, 4.69) is 33.2 Å². The molecule has 5 heteroatoms. The zero-order valence-electron chi connectivity index (χ0n) is 8.38. The fourth-order valence-corrected chi connectivity index (χ4v) is 1.59. The molecule has 14 heavy (non-hydrogen) atoms. The van der Waals surface area contributed by atoms with Crippen molar-refractivity contribution in [2.45, 2.75) is 33.2 Å². The van der Waals surface area contributed by atoms with Gasteiger partial charge in [0.15, 0.2) is 10.6 Å². The third-order valence-corrected chi connectivity index (χ3v) is 2.42. The molecule has 0 radical (unpaired) electrons. The monoisotopic (exact) mass is 259 g/mol. The lowest BCUT2D eigenvalue weighted by Crippen LogP contribution is -2.05. The molecule has 4 nitrogen and oxygen atoms in total. The van der Waals surface area contributed by atoms with Gasteiger partial charge in [0.25, 0.3) is 0 Å². The van der Waals surface area contributed by atoms with Gasteiger partial charge in [-0.1, -0.05) is 13.3 Å². The SMILES string of the molecule is CCCCn1cc(NC(C)=O)nc1Br. The van der Waals surface area contributed by atoms with Crippen LogP contribution in [0.4, 0.5) is 5.82 Å². The lowest BCUT2D eigenvalue weighted by Gasteiger charge is -2.00. The molecule has 1 heterocycles. The van der Waals surface area contributed by atoms with E-state index in [1.165, 1.54) is 6.92 Å². The van der Waals surface area contributed by atoms with Crippen molar-refractivity contribution in [3.63, 3.8) is 0 Å². The molecule has 0 saturated heterocycles. The van der Waals surface area contributed by atoms with Gasteiger partial charge in [-0.05, 0) is 22.4 Å². The Labute approximate surface area is 91.8 Å². The van der Waals surface area contributed by atoms with Crippen LogP contribution in [0.25, 0.3) is 0 Å². The van der Waals surface area contributed by atoms with E-state index in [1.54, 1.807) is 0 Å². The average Bonchev–Trinajstić information content (AvgIpc) is 2.41. The minimum Gasteiger partial charge on any atom is -0.323 e. The average molecular weight is 260 g/mol. The first-order valence-electron chi connectivity index (χ1n) is 4.63. The summed E-state index contributed by atoms with van der Waals surface area (Å²) in [6, 6.07) is 0. The van der Waals surface area contributed by atoms with E-state index in [0.717, 1.165) is 24.1 Å². The Bertz CT molecular complexity index is 322. The summed E-state index contributed by atoms with van der Waals surface area (Å²) in [5.74, 6) is 0.498. The van der Waals surface area contributed by atoms with Gasteiger partial charge in [-0.15, -0.1) is 0 Å². The standard InChI is InChI=1S/C9H14BrN3O/c1-3-4-5-13-6-8(11-7(2)14)12-9(13)10/h6H,3-5H2,1-2H3,(H,11,14). The van der Waals surface area contributed by atoms with E-state index in [1.807, 2.05) is 10.8 Å². The van der Waals surface area contributed by atoms with Crippen LogP contribution in [0, 0.1) is 0 Å². The Hall–Kier alpha value is -0.840. The third kappa shape index (κ3) is 3.14. The van der Waals surface area contributed by atoms with Crippen molar-refractivity contribution in [1.29, 1.82) is 0 Å². The van der Waals surface area contributed by atoms with Gasteiger partial charge in [-0.2, -0.15) is 0 Å². The summed E-state index contributed by atoms with van der Waals surface area (Å²) in [5.41, 5.74) is 0. The maximum absolute atomic E-state index is 10.8. The molecular weight excluding hydrogens is 246 g/mol. The number of hydrogen-bond acceptors (Lipinski definition) is 2. The van der Waals surface area contributed by atoms with Gasteiger partial charge in [0, 0.05) is 19.7 Å². The predicted molar refractivity (Wildman–Crippen MR) is 59.1 cm³/mol. The molecule has 0 unspecified atom stereocenters. The molecule has 1 N–H and O–H groups in total. The van der Waals surface area contributed by atoms with Crippen LogP contribution in [0.5, 0.6) is 0 Å². The van der Waals surface area contributed by atoms with Gasteiger partial charge < -0.3 is 9.88 Å². The number of hydrogen-bond donors (Lipinski definition) is 1. The van der Waals surface area contributed by atoms with E-state index < -0.39 is 0 Å². The van der Waals surface area contributed by atoms with Crippen molar-refractivity contribution in [2.24, 2.45) is 0 Å². The summed E-state index contributed by atoms with van der Waals surface area (Å²) in [5, 5.41) is 2.64. The largest absolute Gasteiger partial charge is 0.323 e. The van der Waals surface area contributed by atoms with E-state index in [-0.39, 0.29) is 5.91 Å². The zero-order chi connectivity index (χ0) is 10.6. The topological polar surface area (TPSA) is 46.9 Å². The molecule has 0 aliphatic heterocycles. The second-order valence-corrected chi connectivity index (χ2v) is 3.83. The Kier molecular flexibility index (Phi) is 4.13. The zero-order valence-corrected chi connectivity index (χ0v) is 9.97. The maximum atomic E-state index is 10.8. The van der Waals surface area contributed by atoms with Crippen LogP contribution in [0.15, 0.2) is 10.9 Å². The molecule has 0 aliphatic carbocycles. The number of nitrogens with one attached hydrogen (secondary N) is 1. The second kappa shape index (κ2) is 5.14. The summed E-state index contributed by atoms with van der Waals surface area (Å²) >= 11 is 3.34. The number of unbranched alkanes of at least 4 members (excludes halogenated alkanes) is 1. The van der Waals surface area contributed by atoms with Crippen LogP contribution in [-0.4, -0.2) is 15.5 Å². The third-order valence-electron chi connectivity index (χ3n) is 1.78. The lowest BCUT2D eigenvalue weighted by atomic mass is 10.3. The minimum absolute atomic E-state index is 0.0994. The predicted octanol–water partition coefficient (Wildman–Crippen LogP) is 2.40. The Morgan fingerprint density at radius 1 is 1.71 bits per heavy atom. The molecule has 0 bridgehead atoms. The maximum Gasteiger partial charge on any atom is 0.222 e. The van der Waals surface area contributed by atoms with E-state index in [4.69, 9.17) is 0 Å². The number of carbonyl (C=O) groups is 1. The molecule has 78 valence electrons. The molecule has 0 spiro atoms. The van der Waals surface area contributed by atoms with Crippen molar-refractivity contribution < 1.29 is 4.79 Å². The van der Waals surface area contributed by atoms with Gasteiger partial charge in [0.2, 0.25) is 5.91 Å². The molecule has 0 aromatic carbocycles. The normalized spacial score (nSPS) is 10.2. The van der Waals surface area contributed by atoms with E-state index >= 15 is 0 Å². The van der Waals surface area contributed by atoms with E-state index in [9.17, 15) is 4.79 Å². The second-order valence-electron chi connectivity index (χ2n) is 3.12. The fraction of sp³-hybridized carbons (Fsp3) is 0.556. The highest BCUT2D eigenvalue weighted by Gasteiger charge is 2.05. The lowest BCUT2D eigenvalue weighted by molar-refractivity contribution is -0.114. The molecule has 0 saturated carbocycles. The number of carbonyl (C=O) groups excluding carboxylic acids is 1. The van der Waals surface area contributed by atoms with Crippen molar-refractivity contribution in [3.05, 3.63) is 10.9 Å². The molecule has 0 aliphatic rings. The van der Waals surface area contributed by atoms with Gasteiger partial charge >= 0.3 is 0 Å². The van der Waals surface area contributed by atoms with Crippen molar-refractivity contribution >= 4 is 27.7 Å². The number of anilines is 1. The van der Waals surface area contributed by atoms with Crippen molar-refractivity contribution in [1.82, 2.24) is 9.55 Å². The number of rotatable bonds is 4. The Balaban J connectivity index is 2.66. The quantitative estimate of drug-likeness (QED) is 0.903. The molecular formula is C9H14BrN3O. The van der Waals surface area contributed by atoms with Crippen molar-refractivity contribution in [2.75, 3.05) is 5.32 Å². The first kappa shape index (κ1) is 11.2. The highest BCUT2D eigenvalue weighted by molar-refractivity contribution is 9.10. The number of nitrogens with zero attached hydrogens (tertiary/aromatic N) is 2. The van der Waals surface area contributed by atoms with Crippen LogP contribution in [-0.2, 0) is 11.3 Å². The first-order valence-corrected chi connectivity index (χ1v) is 5.43. The number of halogens is 1. The number of imidazole rings is 1. The molecule has 0 atom stereocenters. The minimum atomic E-state index is -0.0994. The highest BCUT2D eigenvalue weighted by Crippen LogP contribution is 2.14. The highest BCUT2D eigenvalue weighted by atomic mass is 79.9. The molecule has 1 aromatic heterocycles. The Morgan fingerprint density at radius 3 is 3.00 bits per heavy atom. The Morgan fingerprint density at radius 2 is 2.43 bits per heavy atom. The van der Waals surface area contributed by atoms with Crippen LogP contribution in [0.1, 0.15) is 26.7 Å². The first-order chi connectivity index (χ1) is 6.63. The van der Waals surface area contributed by atoms with Gasteiger partial charge in [-0.3, -0.25) is 4.79 Å². The summed E-state index contributed by atoms with van der Waals surface area (Å²) in [6.07, 6.45) is 4.08. The number of aryl methyl sites for hydroxylation is 1. The summed E-state index contributed by atoms with van der Waals surface area (Å²) in [4.78, 5) is 14.9. The number of aromatic nitrogens is 2. The smallest absolute Gasteiger partial charge is 0.222 e. The van der Waals surface area contributed by atoms with E-state index in [0.29, 0.717) is 5.82 Å². The molecule has 0 fully saturated rings. The molecule has 1 aromatic rings. The van der Waals surface area contributed by atoms with Gasteiger partial charge in [-0.25, -0.2) is 4.98 Å². The van der Waals surface area contributed by atoms with Crippen LogP contribution in [0.2, 0.25) is 0 Å². The molecule has 1 rings (SSSR count). The van der Waals surface area contributed by atoms with Crippen LogP contribution < -0.4 is 5.32 Å². The van der Waals surface area contributed by atoms with Crippen LogP contribution in [0.3, 0.4) is 0 Å². The van der Waals surface area contributed by atoms with Gasteiger partial charge in [0.05, 0.1) is 0 Å². The number of amides is 1. The van der Waals surface area contributed by atoms with Crippen molar-refractivity contribution in [3.8, 4) is 0 Å². The summed E-state index contributed by atoms with van der Waals surface area (Å²) < 4.78 is 2.74.